The van der Waals surface area contributed by atoms with E-state index in [1.807, 2.05) is 6.07 Å². The number of rotatable bonds is 3. The number of nitrogens with one attached hydrogen (secondary N) is 1. The lowest BCUT2D eigenvalue weighted by atomic mass is 10.0. The highest BCUT2D eigenvalue weighted by molar-refractivity contribution is 6.32. The Morgan fingerprint density at radius 3 is 2.84 bits per heavy atom. The van der Waals surface area contributed by atoms with Gasteiger partial charge in [-0.15, -0.1) is 0 Å². The summed E-state index contributed by atoms with van der Waals surface area (Å²) < 4.78 is 0. The predicted molar refractivity (Wildman–Crippen MR) is 74.4 cm³/mol. The van der Waals surface area contributed by atoms with E-state index < -0.39 is 0 Å². The molecule has 2 N–H and O–H groups in total. The number of hydrogen-bond donors (Lipinski definition) is 2. The Hall–Kier alpha value is -2.07. The molecular formula is C14H13ClN2O2. The molecule has 2 rings (SSSR count). The molecule has 2 aromatic rings. The van der Waals surface area contributed by atoms with E-state index in [1.165, 1.54) is 12.1 Å². The van der Waals surface area contributed by atoms with Crippen LogP contribution in [-0.2, 0) is 4.79 Å². The molecule has 0 bridgehead atoms. The normalized spacial score (nSPS) is 11.9. The summed E-state index contributed by atoms with van der Waals surface area (Å²) in [5, 5.41) is 12.3. The van der Waals surface area contributed by atoms with Gasteiger partial charge in [0.1, 0.15) is 5.75 Å². The molecule has 4 nitrogen and oxygen atoms in total. The fraction of sp³-hybridized carbons (Fsp3) is 0.143. The van der Waals surface area contributed by atoms with Gasteiger partial charge in [0.2, 0.25) is 5.91 Å². The highest BCUT2D eigenvalue weighted by Gasteiger charge is 2.15. The van der Waals surface area contributed by atoms with Crippen LogP contribution in [0.2, 0.25) is 5.02 Å². The number of carbonyl (C=O) groups excluding carboxylic acids is 1. The lowest BCUT2D eigenvalue weighted by Gasteiger charge is -2.12. The van der Waals surface area contributed by atoms with Crippen molar-refractivity contribution in [3.05, 3.63) is 53.3 Å². The molecule has 1 aromatic carbocycles. The minimum absolute atomic E-state index is 0.0139. The van der Waals surface area contributed by atoms with Gasteiger partial charge in [0, 0.05) is 18.1 Å². The van der Waals surface area contributed by atoms with Crippen LogP contribution in [0, 0.1) is 0 Å². The number of phenolic OH excluding ortho intramolecular Hbond substituents is 1. The van der Waals surface area contributed by atoms with Crippen molar-refractivity contribution in [3.63, 3.8) is 0 Å². The number of phenols is 1. The highest BCUT2D eigenvalue weighted by Crippen LogP contribution is 2.26. The Labute approximate surface area is 116 Å². The van der Waals surface area contributed by atoms with E-state index >= 15 is 0 Å². The van der Waals surface area contributed by atoms with Gasteiger partial charge in [-0.05, 0) is 36.8 Å². The molecule has 1 aromatic heterocycles. The third kappa shape index (κ3) is 3.23. The summed E-state index contributed by atoms with van der Waals surface area (Å²) in [4.78, 5) is 16.1. The molecule has 98 valence electrons. The van der Waals surface area contributed by atoms with E-state index in [-0.39, 0.29) is 22.6 Å². The second kappa shape index (κ2) is 5.71. The van der Waals surface area contributed by atoms with Gasteiger partial charge in [-0.3, -0.25) is 9.78 Å². The monoisotopic (exact) mass is 276 g/mol. The Kier molecular flexibility index (Phi) is 4.02. The summed E-state index contributed by atoms with van der Waals surface area (Å²) in [5.41, 5.74) is 1.38. The molecule has 0 saturated heterocycles. The standard InChI is InChI=1S/C14H13ClN2O2/c1-9(10-3-2-6-16-8-10)14(19)17-11-4-5-13(18)12(15)7-11/h2-9,18H,1H3,(H,17,19)/t9-/m1/s1. The van der Waals surface area contributed by atoms with Gasteiger partial charge in [0.25, 0.3) is 0 Å². The number of aromatic nitrogens is 1. The van der Waals surface area contributed by atoms with Crippen LogP contribution in [-0.4, -0.2) is 16.0 Å². The van der Waals surface area contributed by atoms with Gasteiger partial charge in [-0.1, -0.05) is 17.7 Å². The molecule has 1 heterocycles. The first-order valence-corrected chi connectivity index (χ1v) is 6.15. The van der Waals surface area contributed by atoms with E-state index in [0.717, 1.165) is 5.56 Å². The molecule has 5 heteroatoms. The average molecular weight is 277 g/mol. The SMILES string of the molecule is C[C@@H](C(=O)Nc1ccc(O)c(Cl)c1)c1cccnc1. The fourth-order valence-corrected chi connectivity index (χ4v) is 1.80. The molecule has 0 aliphatic heterocycles. The van der Waals surface area contributed by atoms with Crippen LogP contribution < -0.4 is 5.32 Å². The first kappa shape index (κ1) is 13.4. The van der Waals surface area contributed by atoms with Crippen molar-refractivity contribution >= 4 is 23.2 Å². The van der Waals surface area contributed by atoms with E-state index in [4.69, 9.17) is 11.6 Å². The number of pyridine rings is 1. The topological polar surface area (TPSA) is 62.2 Å². The smallest absolute Gasteiger partial charge is 0.231 e. The van der Waals surface area contributed by atoms with Crippen LogP contribution in [0.15, 0.2) is 42.7 Å². The molecule has 0 saturated carbocycles. The first-order chi connectivity index (χ1) is 9.08. The number of benzene rings is 1. The van der Waals surface area contributed by atoms with E-state index in [0.29, 0.717) is 5.69 Å². The largest absolute Gasteiger partial charge is 0.506 e. The summed E-state index contributed by atoms with van der Waals surface area (Å²) in [6.45, 7) is 1.80. The predicted octanol–water partition coefficient (Wildman–Crippen LogP) is 3.18. The Balaban J connectivity index is 2.10. The minimum Gasteiger partial charge on any atom is -0.506 e. The van der Waals surface area contributed by atoms with E-state index in [9.17, 15) is 9.90 Å². The summed E-state index contributed by atoms with van der Waals surface area (Å²) >= 11 is 5.78. The number of carbonyl (C=O) groups is 1. The Morgan fingerprint density at radius 2 is 2.21 bits per heavy atom. The summed E-state index contributed by atoms with van der Waals surface area (Å²) in [5.74, 6) is -0.490. The number of aromatic hydroxyl groups is 1. The van der Waals surface area contributed by atoms with E-state index in [2.05, 4.69) is 10.3 Å². The molecule has 1 atom stereocenters. The zero-order valence-corrected chi connectivity index (χ0v) is 11.1. The third-order valence-electron chi connectivity index (χ3n) is 2.79. The fourth-order valence-electron chi connectivity index (χ4n) is 1.62. The molecular weight excluding hydrogens is 264 g/mol. The molecule has 1 amide bonds. The number of hydrogen-bond acceptors (Lipinski definition) is 3. The van der Waals surface area contributed by atoms with Crippen LogP contribution >= 0.6 is 11.6 Å². The zero-order chi connectivity index (χ0) is 13.8. The van der Waals surface area contributed by atoms with Crippen LogP contribution in [0.3, 0.4) is 0 Å². The number of anilines is 1. The lowest BCUT2D eigenvalue weighted by molar-refractivity contribution is -0.117. The van der Waals surface area contributed by atoms with Gasteiger partial charge >= 0.3 is 0 Å². The van der Waals surface area contributed by atoms with Crippen molar-refractivity contribution in [2.24, 2.45) is 0 Å². The van der Waals surface area contributed by atoms with Crippen molar-refractivity contribution in [2.45, 2.75) is 12.8 Å². The van der Waals surface area contributed by atoms with Gasteiger partial charge in [-0.2, -0.15) is 0 Å². The quantitative estimate of drug-likeness (QED) is 0.847. The Morgan fingerprint density at radius 1 is 1.42 bits per heavy atom. The Bertz CT molecular complexity index is 587. The van der Waals surface area contributed by atoms with Crippen molar-refractivity contribution < 1.29 is 9.90 Å². The van der Waals surface area contributed by atoms with Crippen molar-refractivity contribution in [2.75, 3.05) is 5.32 Å². The summed E-state index contributed by atoms with van der Waals surface area (Å²) in [6.07, 6.45) is 3.32. The third-order valence-corrected chi connectivity index (χ3v) is 3.10. The van der Waals surface area contributed by atoms with Crippen molar-refractivity contribution in [1.82, 2.24) is 4.98 Å². The molecule has 0 unspecified atom stereocenters. The van der Waals surface area contributed by atoms with Crippen LogP contribution in [0.1, 0.15) is 18.4 Å². The molecule has 19 heavy (non-hydrogen) atoms. The molecule has 0 aliphatic carbocycles. The first-order valence-electron chi connectivity index (χ1n) is 5.77. The molecule has 0 aliphatic rings. The highest BCUT2D eigenvalue weighted by atomic mass is 35.5. The summed E-state index contributed by atoms with van der Waals surface area (Å²) in [6, 6.07) is 8.17. The zero-order valence-electron chi connectivity index (χ0n) is 10.3. The number of halogens is 1. The number of amides is 1. The van der Waals surface area contributed by atoms with Gasteiger partial charge in [0.15, 0.2) is 0 Å². The molecule has 0 radical (unpaired) electrons. The van der Waals surface area contributed by atoms with Gasteiger partial charge < -0.3 is 10.4 Å². The van der Waals surface area contributed by atoms with Crippen LogP contribution in [0.4, 0.5) is 5.69 Å². The van der Waals surface area contributed by atoms with Crippen molar-refractivity contribution in [1.29, 1.82) is 0 Å². The van der Waals surface area contributed by atoms with Crippen molar-refractivity contribution in [3.8, 4) is 5.75 Å². The maximum atomic E-state index is 12.1. The number of nitrogens with zero attached hydrogens (tertiary/aromatic N) is 1. The lowest BCUT2D eigenvalue weighted by Crippen LogP contribution is -2.18. The maximum absolute atomic E-state index is 12.1. The maximum Gasteiger partial charge on any atom is 0.231 e. The van der Waals surface area contributed by atoms with Gasteiger partial charge in [0.05, 0.1) is 10.9 Å². The summed E-state index contributed by atoms with van der Waals surface area (Å²) in [7, 11) is 0. The second-order valence-electron chi connectivity index (χ2n) is 4.16. The van der Waals surface area contributed by atoms with Crippen LogP contribution in [0.5, 0.6) is 5.75 Å². The minimum atomic E-state index is -0.318. The van der Waals surface area contributed by atoms with E-state index in [1.54, 1.807) is 31.5 Å². The average Bonchev–Trinajstić information content (AvgIpc) is 2.43. The second-order valence-corrected chi connectivity index (χ2v) is 4.57. The molecule has 0 spiro atoms. The van der Waals surface area contributed by atoms with Crippen LogP contribution in [0.25, 0.3) is 0 Å². The molecule has 0 fully saturated rings. The van der Waals surface area contributed by atoms with Gasteiger partial charge in [-0.25, -0.2) is 0 Å².